The summed E-state index contributed by atoms with van der Waals surface area (Å²) in [5, 5.41) is 0. The van der Waals surface area contributed by atoms with Crippen LogP contribution in [0.5, 0.6) is 0 Å². The predicted octanol–water partition coefficient (Wildman–Crippen LogP) is 0.0429. The Morgan fingerprint density at radius 3 is 3.33 bits per heavy atom. The van der Waals surface area contributed by atoms with Crippen molar-refractivity contribution in [2.24, 2.45) is 4.99 Å². The van der Waals surface area contributed by atoms with Crippen molar-refractivity contribution in [3.8, 4) is 0 Å². The molecule has 0 saturated heterocycles. The maximum absolute atomic E-state index is 10.8. The predicted molar refractivity (Wildman–Crippen MR) is 35.3 cm³/mol. The lowest BCUT2D eigenvalue weighted by Gasteiger charge is -2.03. The Kier molecular flexibility index (Phi) is 1.63. The Balaban J connectivity index is 2.73. The van der Waals surface area contributed by atoms with Gasteiger partial charge >= 0.3 is 0 Å². The molecule has 3 heteroatoms. The molecule has 0 radical (unpaired) electrons. The summed E-state index contributed by atoms with van der Waals surface area (Å²) in [6.45, 7) is 0.607. The lowest BCUT2D eigenvalue weighted by molar-refractivity contribution is -0.121. The number of carbonyl (C=O) groups excluding carboxylic acids is 1. The summed E-state index contributed by atoms with van der Waals surface area (Å²) < 4.78 is 0. The van der Waals surface area contributed by atoms with Gasteiger partial charge in [0.2, 0.25) is 0 Å². The highest BCUT2D eigenvalue weighted by atomic mass is 16.2. The molecule has 1 aliphatic heterocycles. The van der Waals surface area contributed by atoms with Crippen LogP contribution in [0, 0.1) is 0 Å². The van der Waals surface area contributed by atoms with Crippen molar-refractivity contribution < 1.29 is 4.79 Å². The molecular formula is C6H8N2O. The second-order valence-electron chi connectivity index (χ2n) is 1.83. The molecular weight excluding hydrogens is 116 g/mol. The molecule has 0 N–H and O–H groups in total. The summed E-state index contributed by atoms with van der Waals surface area (Å²) in [6.07, 6.45) is 4.79. The Morgan fingerprint density at radius 1 is 1.78 bits per heavy atom. The lowest BCUT2D eigenvalue weighted by Crippen LogP contribution is -2.21. The number of likely N-dealkylation sites (N-methyl/N-ethyl adjacent to an activating group) is 1. The Labute approximate surface area is 53.7 Å². The first-order valence-electron chi connectivity index (χ1n) is 2.74. The summed E-state index contributed by atoms with van der Waals surface area (Å²) in [7, 11) is 1.68. The Hall–Kier alpha value is -1.12. The monoisotopic (exact) mass is 124 g/mol. The van der Waals surface area contributed by atoms with Gasteiger partial charge in [-0.15, -0.1) is 0 Å². The molecule has 48 valence electrons. The molecule has 1 rings (SSSR count). The Bertz CT molecular complexity index is 172. The van der Waals surface area contributed by atoms with Gasteiger partial charge in [0, 0.05) is 13.1 Å². The largest absolute Gasteiger partial charge is 0.303 e. The van der Waals surface area contributed by atoms with E-state index in [1.54, 1.807) is 13.1 Å². The van der Waals surface area contributed by atoms with Gasteiger partial charge in [0.1, 0.15) is 0 Å². The molecule has 0 atom stereocenters. The van der Waals surface area contributed by atoms with Gasteiger partial charge in [0.15, 0.2) is 0 Å². The highest BCUT2D eigenvalue weighted by molar-refractivity contribution is 5.95. The fourth-order valence-corrected chi connectivity index (χ4v) is 0.558. The minimum atomic E-state index is -0.0174. The van der Waals surface area contributed by atoms with E-state index in [1.807, 2.05) is 0 Å². The number of hydrogen-bond donors (Lipinski definition) is 0. The molecule has 0 aromatic carbocycles. The van der Waals surface area contributed by atoms with Crippen LogP contribution in [0.2, 0.25) is 0 Å². The number of rotatable bonds is 0. The molecule has 1 aliphatic rings. The first-order chi connectivity index (χ1) is 4.30. The fourth-order valence-electron chi connectivity index (χ4n) is 0.558. The molecule has 0 saturated carbocycles. The van der Waals surface area contributed by atoms with Gasteiger partial charge in [-0.2, -0.15) is 0 Å². The van der Waals surface area contributed by atoms with Crippen molar-refractivity contribution in [3.63, 3.8) is 0 Å². The van der Waals surface area contributed by atoms with E-state index < -0.39 is 0 Å². The fraction of sp³-hybridized carbons (Fsp3) is 0.333. The molecule has 1 heterocycles. The Morgan fingerprint density at radius 2 is 2.56 bits per heavy atom. The van der Waals surface area contributed by atoms with Crippen molar-refractivity contribution in [2.75, 3.05) is 13.6 Å². The van der Waals surface area contributed by atoms with Crippen LogP contribution < -0.4 is 0 Å². The molecule has 0 unspecified atom stereocenters. The standard InChI is InChI=1S/C6H8N2O/c1-8-5-7-4-2-3-6(8)9/h2-3,5H,4H2,1H3. The summed E-state index contributed by atoms with van der Waals surface area (Å²) in [4.78, 5) is 16.1. The minimum Gasteiger partial charge on any atom is -0.303 e. The molecule has 0 aromatic heterocycles. The van der Waals surface area contributed by atoms with Gasteiger partial charge in [-0.25, -0.2) is 0 Å². The topological polar surface area (TPSA) is 32.7 Å². The smallest absolute Gasteiger partial charge is 0.251 e. The zero-order chi connectivity index (χ0) is 6.69. The van der Waals surface area contributed by atoms with E-state index in [4.69, 9.17) is 0 Å². The second kappa shape index (κ2) is 2.44. The van der Waals surface area contributed by atoms with Gasteiger partial charge in [-0.05, 0) is 0 Å². The highest BCUT2D eigenvalue weighted by Gasteiger charge is 2.01. The molecule has 1 amide bonds. The number of carbonyl (C=O) groups is 1. The minimum absolute atomic E-state index is 0.0174. The van der Waals surface area contributed by atoms with Crippen LogP contribution in [-0.4, -0.2) is 30.7 Å². The van der Waals surface area contributed by atoms with Crippen molar-refractivity contribution in [1.29, 1.82) is 0 Å². The van der Waals surface area contributed by atoms with E-state index in [2.05, 4.69) is 4.99 Å². The van der Waals surface area contributed by atoms with Crippen LogP contribution in [0.1, 0.15) is 0 Å². The van der Waals surface area contributed by atoms with Gasteiger partial charge in [0.25, 0.3) is 5.91 Å². The number of amides is 1. The SMILES string of the molecule is CN1C=NCC=CC1=O. The number of nitrogens with zero attached hydrogens (tertiary/aromatic N) is 2. The van der Waals surface area contributed by atoms with Crippen LogP contribution in [-0.2, 0) is 4.79 Å². The molecule has 0 fully saturated rings. The van der Waals surface area contributed by atoms with Crippen molar-refractivity contribution in [1.82, 2.24) is 4.90 Å². The molecule has 9 heavy (non-hydrogen) atoms. The van der Waals surface area contributed by atoms with E-state index >= 15 is 0 Å². The van der Waals surface area contributed by atoms with E-state index in [0.717, 1.165) is 0 Å². The van der Waals surface area contributed by atoms with Crippen LogP contribution in [0.3, 0.4) is 0 Å². The van der Waals surface area contributed by atoms with Gasteiger partial charge in [0.05, 0.1) is 12.9 Å². The maximum atomic E-state index is 10.8. The molecule has 0 aromatic rings. The highest BCUT2D eigenvalue weighted by Crippen LogP contribution is 1.88. The summed E-state index contributed by atoms with van der Waals surface area (Å²) in [6, 6.07) is 0. The van der Waals surface area contributed by atoms with Crippen molar-refractivity contribution >= 4 is 12.2 Å². The third kappa shape index (κ3) is 1.38. The van der Waals surface area contributed by atoms with E-state index in [9.17, 15) is 4.79 Å². The van der Waals surface area contributed by atoms with Crippen LogP contribution in [0.15, 0.2) is 17.1 Å². The number of hydrogen-bond acceptors (Lipinski definition) is 2. The quantitative estimate of drug-likeness (QED) is 0.449. The maximum Gasteiger partial charge on any atom is 0.251 e. The molecule has 0 bridgehead atoms. The van der Waals surface area contributed by atoms with E-state index in [1.165, 1.54) is 17.3 Å². The zero-order valence-corrected chi connectivity index (χ0v) is 5.24. The van der Waals surface area contributed by atoms with Gasteiger partial charge in [-0.3, -0.25) is 9.79 Å². The lowest BCUT2D eigenvalue weighted by atomic mass is 10.5. The van der Waals surface area contributed by atoms with Crippen LogP contribution >= 0.6 is 0 Å². The average molecular weight is 124 g/mol. The summed E-state index contributed by atoms with van der Waals surface area (Å²) in [5.41, 5.74) is 0. The molecule has 0 spiro atoms. The van der Waals surface area contributed by atoms with Gasteiger partial charge in [-0.1, -0.05) is 6.08 Å². The van der Waals surface area contributed by atoms with Crippen molar-refractivity contribution in [2.45, 2.75) is 0 Å². The normalized spacial score (nSPS) is 18.3. The van der Waals surface area contributed by atoms with E-state index in [0.29, 0.717) is 6.54 Å². The molecule has 3 nitrogen and oxygen atoms in total. The third-order valence-electron chi connectivity index (χ3n) is 1.07. The average Bonchev–Trinajstić information content (AvgIpc) is 1.99. The number of aliphatic imine (C=N–C) groups is 1. The first kappa shape index (κ1) is 6.01. The zero-order valence-electron chi connectivity index (χ0n) is 5.24. The first-order valence-corrected chi connectivity index (χ1v) is 2.74. The summed E-state index contributed by atoms with van der Waals surface area (Å²) >= 11 is 0. The van der Waals surface area contributed by atoms with Crippen LogP contribution in [0.4, 0.5) is 0 Å². The van der Waals surface area contributed by atoms with Gasteiger partial charge < -0.3 is 4.90 Å². The summed E-state index contributed by atoms with van der Waals surface area (Å²) in [5.74, 6) is -0.0174. The second-order valence-corrected chi connectivity index (χ2v) is 1.83. The van der Waals surface area contributed by atoms with Crippen molar-refractivity contribution in [3.05, 3.63) is 12.2 Å². The molecule has 0 aliphatic carbocycles. The third-order valence-corrected chi connectivity index (χ3v) is 1.07. The van der Waals surface area contributed by atoms with Crippen LogP contribution in [0.25, 0.3) is 0 Å². The van der Waals surface area contributed by atoms with E-state index in [-0.39, 0.29) is 5.91 Å².